The van der Waals surface area contributed by atoms with Crippen LogP contribution >= 0.6 is 0 Å². The van der Waals surface area contributed by atoms with E-state index >= 15 is 0 Å². The number of carbonyl (C=O) groups excluding carboxylic acids is 1. The molecule has 1 N–H and O–H groups in total. The molecule has 2 rings (SSSR count). The molecule has 0 aliphatic carbocycles. The molecule has 19 heavy (non-hydrogen) atoms. The topological polar surface area (TPSA) is 83.6 Å². The lowest BCUT2D eigenvalue weighted by Crippen LogP contribution is -2.30. The molecule has 0 aliphatic rings. The third-order valence-corrected chi connectivity index (χ3v) is 2.62. The summed E-state index contributed by atoms with van der Waals surface area (Å²) in [5, 5.41) is 15.3. The van der Waals surface area contributed by atoms with Crippen molar-refractivity contribution in [2.45, 2.75) is 19.5 Å². The number of amides is 1. The smallest absolute Gasteiger partial charge is 0.252 e. The van der Waals surface area contributed by atoms with E-state index in [4.69, 9.17) is 5.26 Å². The van der Waals surface area contributed by atoms with E-state index in [2.05, 4.69) is 15.4 Å². The summed E-state index contributed by atoms with van der Waals surface area (Å²) in [6.07, 6.45) is 1.37. The molecule has 0 saturated heterocycles. The van der Waals surface area contributed by atoms with Crippen LogP contribution in [0.4, 0.5) is 0 Å². The van der Waals surface area contributed by atoms with Gasteiger partial charge in [-0.15, -0.1) is 5.10 Å². The molecule has 0 radical (unpaired) electrons. The van der Waals surface area contributed by atoms with Crippen molar-refractivity contribution >= 4 is 5.91 Å². The second-order valence-electron chi connectivity index (χ2n) is 4.08. The third-order valence-electron chi connectivity index (χ3n) is 2.62. The van der Waals surface area contributed by atoms with Crippen molar-refractivity contribution < 1.29 is 4.79 Å². The van der Waals surface area contributed by atoms with Crippen LogP contribution in [0.3, 0.4) is 0 Å². The highest BCUT2D eigenvalue weighted by Crippen LogP contribution is 2.10. The predicted octanol–water partition coefficient (Wildman–Crippen LogP) is 1.03. The number of aromatic nitrogens is 3. The zero-order valence-electron chi connectivity index (χ0n) is 10.4. The van der Waals surface area contributed by atoms with E-state index in [-0.39, 0.29) is 24.3 Å². The van der Waals surface area contributed by atoms with E-state index in [0.717, 1.165) is 5.56 Å². The molecule has 1 heterocycles. The van der Waals surface area contributed by atoms with Gasteiger partial charge in [-0.05, 0) is 12.5 Å². The molecule has 1 atom stereocenters. The summed E-state index contributed by atoms with van der Waals surface area (Å²) in [5.74, 6) is -0.116. The van der Waals surface area contributed by atoms with E-state index in [9.17, 15) is 4.79 Å². The minimum Gasteiger partial charge on any atom is -0.348 e. The maximum Gasteiger partial charge on any atom is 0.252 e. The second-order valence-corrected chi connectivity index (χ2v) is 4.08. The van der Waals surface area contributed by atoms with Gasteiger partial charge in [-0.25, -0.2) is 9.67 Å². The Kier molecular flexibility index (Phi) is 3.88. The van der Waals surface area contributed by atoms with Gasteiger partial charge in [0, 0.05) is 0 Å². The number of nitriles is 1. The summed E-state index contributed by atoms with van der Waals surface area (Å²) < 4.78 is 1.34. The van der Waals surface area contributed by atoms with Crippen LogP contribution in [0.25, 0.3) is 0 Å². The van der Waals surface area contributed by atoms with Gasteiger partial charge < -0.3 is 5.32 Å². The third kappa shape index (κ3) is 3.39. The predicted molar refractivity (Wildman–Crippen MR) is 67.7 cm³/mol. The van der Waals surface area contributed by atoms with E-state index in [1.54, 1.807) is 0 Å². The Bertz CT molecular complexity index is 599. The Morgan fingerprint density at radius 2 is 2.21 bits per heavy atom. The fraction of sp³-hybridized carbons (Fsp3) is 0.231. The normalized spacial score (nSPS) is 11.6. The molecular weight excluding hydrogens is 242 g/mol. The molecular formula is C13H13N5O. The largest absolute Gasteiger partial charge is 0.348 e. The highest BCUT2D eigenvalue weighted by Gasteiger charge is 2.10. The maximum absolute atomic E-state index is 11.8. The first-order valence-corrected chi connectivity index (χ1v) is 5.83. The van der Waals surface area contributed by atoms with Crippen LogP contribution in [0.15, 0.2) is 36.7 Å². The molecule has 2 aromatic rings. The zero-order chi connectivity index (χ0) is 13.7. The first-order chi connectivity index (χ1) is 9.19. The summed E-state index contributed by atoms with van der Waals surface area (Å²) in [5.41, 5.74) is 1.03. The van der Waals surface area contributed by atoms with Gasteiger partial charge in [0.05, 0.1) is 6.04 Å². The van der Waals surface area contributed by atoms with Crippen LogP contribution in [-0.4, -0.2) is 20.7 Å². The summed E-state index contributed by atoms with van der Waals surface area (Å²) >= 11 is 0. The molecule has 1 aromatic heterocycles. The van der Waals surface area contributed by atoms with Crippen molar-refractivity contribution in [2.75, 3.05) is 0 Å². The summed E-state index contributed by atoms with van der Waals surface area (Å²) in [7, 11) is 0. The lowest BCUT2D eigenvalue weighted by atomic mass is 10.1. The van der Waals surface area contributed by atoms with E-state index < -0.39 is 0 Å². The summed E-state index contributed by atoms with van der Waals surface area (Å²) in [4.78, 5) is 15.5. The fourth-order valence-corrected chi connectivity index (χ4v) is 1.68. The van der Waals surface area contributed by atoms with Crippen molar-refractivity contribution in [1.82, 2.24) is 20.1 Å². The van der Waals surface area contributed by atoms with Gasteiger partial charge in [-0.1, -0.05) is 30.3 Å². The molecule has 1 aromatic carbocycles. The number of nitrogens with one attached hydrogen (secondary N) is 1. The van der Waals surface area contributed by atoms with Gasteiger partial charge in [-0.2, -0.15) is 5.26 Å². The van der Waals surface area contributed by atoms with Crippen LogP contribution in [0.2, 0.25) is 0 Å². The highest BCUT2D eigenvalue weighted by molar-refractivity contribution is 5.76. The maximum atomic E-state index is 11.8. The molecule has 0 fully saturated rings. The average molecular weight is 255 g/mol. The van der Waals surface area contributed by atoms with Crippen LogP contribution in [0.1, 0.15) is 24.4 Å². The van der Waals surface area contributed by atoms with Gasteiger partial charge in [0.1, 0.15) is 18.9 Å². The Labute approximate surface area is 110 Å². The molecule has 6 nitrogen and oxygen atoms in total. The molecule has 1 amide bonds. The minimum atomic E-state index is -0.175. The number of hydrogen-bond acceptors (Lipinski definition) is 4. The van der Waals surface area contributed by atoms with Crippen LogP contribution in [0.5, 0.6) is 0 Å². The van der Waals surface area contributed by atoms with Gasteiger partial charge in [0.15, 0.2) is 0 Å². The molecule has 0 bridgehead atoms. The van der Waals surface area contributed by atoms with Gasteiger partial charge in [0.2, 0.25) is 5.91 Å². The second kappa shape index (κ2) is 5.78. The number of nitrogens with zero attached hydrogens (tertiary/aromatic N) is 4. The van der Waals surface area contributed by atoms with Crippen LogP contribution in [0, 0.1) is 11.3 Å². The minimum absolute atomic E-state index is 0.0475. The molecule has 6 heteroatoms. The Morgan fingerprint density at radius 3 is 2.84 bits per heavy atom. The van der Waals surface area contributed by atoms with Gasteiger partial charge in [0.25, 0.3) is 5.82 Å². The Balaban J connectivity index is 1.93. The Morgan fingerprint density at radius 1 is 1.47 bits per heavy atom. The molecule has 0 saturated carbocycles. The Hall–Kier alpha value is -2.68. The fourth-order valence-electron chi connectivity index (χ4n) is 1.68. The van der Waals surface area contributed by atoms with Crippen molar-refractivity contribution in [1.29, 1.82) is 5.26 Å². The number of carbonyl (C=O) groups is 1. The first kappa shape index (κ1) is 12.8. The van der Waals surface area contributed by atoms with Crippen molar-refractivity contribution in [3.8, 4) is 6.07 Å². The lowest BCUT2D eigenvalue weighted by molar-refractivity contribution is -0.122. The standard InChI is InChI=1S/C13H13N5O/c1-10(11-5-3-2-4-6-11)16-13(19)8-18-9-15-12(7-14)17-18/h2-6,9-10H,8H2,1H3,(H,16,19). The van der Waals surface area contributed by atoms with Gasteiger partial charge in [-0.3, -0.25) is 4.79 Å². The van der Waals surface area contributed by atoms with E-state index in [0.29, 0.717) is 0 Å². The first-order valence-electron chi connectivity index (χ1n) is 5.83. The highest BCUT2D eigenvalue weighted by atomic mass is 16.2. The quantitative estimate of drug-likeness (QED) is 0.884. The summed E-state index contributed by atoms with van der Waals surface area (Å²) in [6, 6.07) is 11.4. The van der Waals surface area contributed by atoms with Gasteiger partial charge >= 0.3 is 0 Å². The summed E-state index contributed by atoms with van der Waals surface area (Å²) in [6.45, 7) is 1.96. The monoisotopic (exact) mass is 255 g/mol. The van der Waals surface area contributed by atoms with Crippen molar-refractivity contribution in [2.24, 2.45) is 0 Å². The van der Waals surface area contributed by atoms with Crippen LogP contribution in [-0.2, 0) is 11.3 Å². The zero-order valence-corrected chi connectivity index (χ0v) is 10.4. The number of hydrogen-bond donors (Lipinski definition) is 1. The molecule has 1 unspecified atom stereocenters. The number of rotatable bonds is 4. The SMILES string of the molecule is CC(NC(=O)Cn1cnc(C#N)n1)c1ccccc1. The number of benzene rings is 1. The lowest BCUT2D eigenvalue weighted by Gasteiger charge is -2.13. The van der Waals surface area contributed by atoms with Crippen molar-refractivity contribution in [3.63, 3.8) is 0 Å². The van der Waals surface area contributed by atoms with Crippen LogP contribution < -0.4 is 5.32 Å². The molecule has 0 aliphatic heterocycles. The molecule has 0 spiro atoms. The van der Waals surface area contributed by atoms with Crippen molar-refractivity contribution in [3.05, 3.63) is 48.0 Å². The van der Waals surface area contributed by atoms with E-state index in [1.807, 2.05) is 43.3 Å². The van der Waals surface area contributed by atoms with E-state index in [1.165, 1.54) is 11.0 Å². The average Bonchev–Trinajstić information content (AvgIpc) is 2.87. The molecule has 96 valence electrons.